The number of nitrogens with two attached hydrogens (primary N) is 2. The third-order valence-corrected chi connectivity index (χ3v) is 13.1. The summed E-state index contributed by atoms with van der Waals surface area (Å²) in [4.78, 5) is 118. The summed E-state index contributed by atoms with van der Waals surface area (Å²) in [5, 5.41) is 24.2. The molecule has 5 atom stereocenters. The van der Waals surface area contributed by atoms with E-state index < -0.39 is 43.5 Å². The number of ether oxygens (including phenoxy) is 6. The Morgan fingerprint density at radius 3 is 1.70 bits per heavy atom. The first-order valence-corrected chi connectivity index (χ1v) is 28.3. The number of hydrogen-bond donors (Lipinski definition) is 13. The predicted molar refractivity (Wildman–Crippen MR) is 278 cm³/mol. The minimum atomic E-state index is -4.57. The molecular weight excluding hydrogens is 1040 g/mol. The Hall–Kier alpha value is -4.91. The average molecular weight is 1130 g/mol. The summed E-state index contributed by atoms with van der Waals surface area (Å²) in [6.45, 7) is 5.21. The number of nitrogens with one attached hydrogen (secondary N) is 9. The molecule has 0 bridgehead atoms. The van der Waals surface area contributed by atoms with Gasteiger partial charge in [-0.3, -0.25) is 43.6 Å². The second kappa shape index (κ2) is 41.2. The molecule has 0 aliphatic carbocycles. The zero-order valence-electron chi connectivity index (χ0n) is 43.6. The van der Waals surface area contributed by atoms with E-state index in [1.54, 1.807) is 5.09 Å². The zero-order chi connectivity index (χ0) is 55.8. The molecule has 31 heteroatoms. The molecule has 2 heterocycles. The third-order valence-electron chi connectivity index (χ3n) is 11.1. The molecule has 0 unspecified atom stereocenters. The number of urea groups is 1. The van der Waals surface area contributed by atoms with E-state index in [0.717, 1.165) is 25.0 Å². The molecule has 0 radical (unpaired) electrons. The zero-order valence-corrected chi connectivity index (χ0v) is 45.3. The van der Waals surface area contributed by atoms with E-state index in [2.05, 4.69) is 47.5 Å². The molecule has 2 rings (SSSR count). The van der Waals surface area contributed by atoms with Crippen LogP contribution in [0.1, 0.15) is 84.0 Å². The molecular formula is C45H83N12O17PS. The number of carbonyl (C=O) groups excluding carboxylic acids is 8. The summed E-state index contributed by atoms with van der Waals surface area (Å²) in [6.07, 6.45) is 5.43. The minimum Gasteiger partial charge on any atom is -0.379 e. The van der Waals surface area contributed by atoms with Crippen molar-refractivity contribution in [3.05, 3.63) is 0 Å². The highest BCUT2D eigenvalue weighted by molar-refractivity contribution is 8.00. The lowest BCUT2D eigenvalue weighted by atomic mass is 10.0. The second-order valence-corrected chi connectivity index (χ2v) is 20.1. The number of aliphatic imine (C=N–C) groups is 1. The van der Waals surface area contributed by atoms with Crippen molar-refractivity contribution in [3.8, 4) is 0 Å². The van der Waals surface area contributed by atoms with Crippen LogP contribution < -0.4 is 59.1 Å². The maximum Gasteiger partial charge on any atom is 0.429 e. The van der Waals surface area contributed by atoms with Crippen LogP contribution in [0.4, 0.5) is 4.79 Å². The topological polar surface area (TPSA) is 422 Å². The van der Waals surface area contributed by atoms with Gasteiger partial charge in [0.25, 0.3) is 0 Å². The van der Waals surface area contributed by atoms with Crippen LogP contribution in [-0.2, 0) is 66.5 Å². The predicted octanol–water partition coefficient (Wildman–Crippen LogP) is -3.13. The number of thioether (sulfide) groups is 1. The number of rotatable bonds is 46. The number of hydrogen-bond acceptors (Lipinski definition) is 17. The Bertz CT molecular complexity index is 1840. The molecule has 76 heavy (non-hydrogen) atoms. The van der Waals surface area contributed by atoms with E-state index in [-0.39, 0.29) is 160 Å². The number of nitrogens with zero attached hydrogens (tertiary/aromatic N) is 1. The van der Waals surface area contributed by atoms with Crippen LogP contribution in [0.25, 0.3) is 0 Å². The van der Waals surface area contributed by atoms with Gasteiger partial charge in [0.05, 0.1) is 91.4 Å². The van der Waals surface area contributed by atoms with E-state index in [0.29, 0.717) is 57.0 Å². The smallest absolute Gasteiger partial charge is 0.379 e. The summed E-state index contributed by atoms with van der Waals surface area (Å²) in [7, 11) is -4.57. The van der Waals surface area contributed by atoms with Gasteiger partial charge in [-0.15, -0.1) is 0 Å². The van der Waals surface area contributed by atoms with Crippen molar-refractivity contribution in [2.45, 2.75) is 113 Å². The van der Waals surface area contributed by atoms with Crippen molar-refractivity contribution in [3.63, 3.8) is 0 Å². The Morgan fingerprint density at radius 1 is 0.632 bits per heavy atom. The van der Waals surface area contributed by atoms with Gasteiger partial charge < -0.3 is 92.2 Å². The van der Waals surface area contributed by atoms with Gasteiger partial charge in [0, 0.05) is 76.3 Å². The number of unbranched alkanes of at least 4 members (excludes halogenated alkanes) is 2. The van der Waals surface area contributed by atoms with E-state index in [9.17, 15) is 42.9 Å². The summed E-state index contributed by atoms with van der Waals surface area (Å²) in [5.74, 6) is -1.84. The fourth-order valence-corrected chi connectivity index (χ4v) is 9.25. The average Bonchev–Trinajstić information content (AvgIpc) is 3.92. The molecule has 29 nitrogen and oxygen atoms in total. The van der Waals surface area contributed by atoms with Crippen molar-refractivity contribution in [2.75, 3.05) is 118 Å². The Kier molecular flexibility index (Phi) is 36.4. The van der Waals surface area contributed by atoms with Gasteiger partial charge in [-0.2, -0.15) is 11.8 Å². The van der Waals surface area contributed by atoms with E-state index in [1.165, 1.54) is 6.92 Å². The minimum absolute atomic E-state index is 0.0276. The number of amides is 9. The van der Waals surface area contributed by atoms with Crippen LogP contribution in [0.5, 0.6) is 0 Å². The van der Waals surface area contributed by atoms with Gasteiger partial charge >= 0.3 is 13.8 Å². The molecule has 0 saturated carbocycles. The first-order valence-electron chi connectivity index (χ1n) is 25.7. The molecule has 2 saturated heterocycles. The highest BCUT2D eigenvalue weighted by atomic mass is 32.2. The van der Waals surface area contributed by atoms with Crippen LogP contribution >= 0.6 is 19.5 Å². The van der Waals surface area contributed by atoms with Crippen molar-refractivity contribution >= 4 is 72.8 Å². The summed E-state index contributed by atoms with van der Waals surface area (Å²) in [6, 6.07) is -1.42. The molecule has 15 N–H and O–H groups in total. The summed E-state index contributed by atoms with van der Waals surface area (Å²) in [5.41, 5.74) is 10.9. The lowest BCUT2D eigenvalue weighted by Gasteiger charge is -2.17. The largest absolute Gasteiger partial charge is 0.429 e. The molecule has 0 spiro atoms. The van der Waals surface area contributed by atoms with Crippen LogP contribution in [0.2, 0.25) is 0 Å². The fourth-order valence-electron chi connectivity index (χ4n) is 7.34. The lowest BCUT2D eigenvalue weighted by molar-refractivity contribution is -0.128. The molecule has 0 aromatic carbocycles. The number of carbonyl (C=O) groups is 8. The highest BCUT2D eigenvalue weighted by Gasteiger charge is 2.42. The standard InChI is InChI=1S/C45H83N12O17PS/c1-32(58)53-34(8-6-15-52-44(47)57-75(66,67)68)43(64)51-18-24-74-30-26-70-20-12-39(61)49-16-22-72-28-25-69-19-11-38(60)50-17-23-73-29-27-71-21-13-40(62)54-33(42(46)63)7-4-5-14-48-37(59)10-3-2-9-36-41-35(31-76-36)55-45(65)56-41/h33-36,41H,2-31H2,1H3,(H2,46,63)(H,48,59)(H,49,61)(H,50,60)(H,51,64)(H,53,58)(H,54,62)(H2,55,56,65)(H5,47,52,57,66,67,68)/t33-,34-,35+,36+,41+/m0/s1. The van der Waals surface area contributed by atoms with Crippen molar-refractivity contribution in [1.82, 2.24) is 47.6 Å². The van der Waals surface area contributed by atoms with Crippen molar-refractivity contribution in [2.24, 2.45) is 16.5 Å². The monoisotopic (exact) mass is 1130 g/mol. The highest BCUT2D eigenvalue weighted by Crippen LogP contribution is 2.33. The third kappa shape index (κ3) is 35.4. The maximum absolute atomic E-state index is 12.5. The Labute approximate surface area is 448 Å². The van der Waals surface area contributed by atoms with E-state index in [1.807, 2.05) is 11.8 Å². The van der Waals surface area contributed by atoms with Crippen LogP contribution in [0.3, 0.4) is 0 Å². The van der Waals surface area contributed by atoms with Gasteiger partial charge in [0.15, 0.2) is 5.96 Å². The molecule has 9 amide bonds. The normalized spacial score (nSPS) is 16.9. The first-order chi connectivity index (χ1) is 36.4. The van der Waals surface area contributed by atoms with Crippen LogP contribution in [-0.4, -0.2) is 210 Å². The summed E-state index contributed by atoms with van der Waals surface area (Å²) < 4.78 is 43.5. The molecule has 2 fully saturated rings. The lowest BCUT2D eigenvalue weighted by Crippen LogP contribution is -2.46. The van der Waals surface area contributed by atoms with Gasteiger partial charge in [-0.05, 0) is 44.9 Å². The number of fused-ring (bicyclic) bond motifs is 1. The molecule has 2 aliphatic heterocycles. The number of primary amides is 1. The number of guanidine groups is 1. The Balaban J connectivity index is 1.31. The molecule has 0 aromatic heterocycles. The van der Waals surface area contributed by atoms with Gasteiger partial charge in [0.2, 0.25) is 41.4 Å². The fraction of sp³-hybridized carbons (Fsp3) is 0.800. The quantitative estimate of drug-likeness (QED) is 0.00942. The van der Waals surface area contributed by atoms with E-state index >= 15 is 0 Å². The second-order valence-electron chi connectivity index (χ2n) is 17.5. The maximum atomic E-state index is 12.5. The van der Waals surface area contributed by atoms with Crippen LogP contribution in [0, 0.1) is 0 Å². The first kappa shape index (κ1) is 67.2. The van der Waals surface area contributed by atoms with Gasteiger partial charge in [0.1, 0.15) is 12.1 Å². The summed E-state index contributed by atoms with van der Waals surface area (Å²) >= 11 is 1.86. The van der Waals surface area contributed by atoms with Crippen molar-refractivity contribution < 1.29 is 81.1 Å². The van der Waals surface area contributed by atoms with Crippen LogP contribution in [0.15, 0.2) is 4.99 Å². The van der Waals surface area contributed by atoms with Gasteiger partial charge in [-0.25, -0.2) is 9.36 Å². The SMILES string of the molecule is CC(=O)N[C@@H](CCCN=C(N)NP(=O)(O)O)C(=O)NCCOCCOCCC(=O)NCCOCCOCCC(=O)NCCOCCOCCC(=O)N[C@@H](CCCCNC(=O)CCCC[C@H]1SC[C@H]2NC(=O)N[C@H]21)C(N)=O. The van der Waals surface area contributed by atoms with E-state index in [4.69, 9.17) is 49.7 Å². The molecule has 0 aromatic rings. The molecule has 436 valence electrons. The van der Waals surface area contributed by atoms with Crippen molar-refractivity contribution in [1.29, 1.82) is 0 Å². The Morgan fingerprint density at radius 2 is 1.14 bits per heavy atom. The van der Waals surface area contributed by atoms with Gasteiger partial charge in [-0.1, -0.05) is 6.42 Å². The molecule has 2 aliphatic rings.